The Hall–Kier alpha value is -2.02. The van der Waals surface area contributed by atoms with E-state index in [1.807, 2.05) is 0 Å². The van der Waals surface area contributed by atoms with Crippen LogP contribution in [0.5, 0.6) is 0 Å². The van der Waals surface area contributed by atoms with E-state index in [-0.39, 0.29) is 17.2 Å². The zero-order chi connectivity index (χ0) is 22.7. The third kappa shape index (κ3) is 3.61. The number of amidine groups is 1. The van der Waals surface area contributed by atoms with Crippen molar-refractivity contribution >= 4 is 44.2 Å². The Labute approximate surface area is 182 Å². The summed E-state index contributed by atoms with van der Waals surface area (Å²) in [5.41, 5.74) is 3.89. The van der Waals surface area contributed by atoms with Gasteiger partial charge in [0.1, 0.15) is 11.4 Å². The Morgan fingerprint density at radius 2 is 1.97 bits per heavy atom. The summed E-state index contributed by atoms with van der Waals surface area (Å²) in [6.07, 6.45) is -4.66. The van der Waals surface area contributed by atoms with E-state index >= 15 is 0 Å². The van der Waals surface area contributed by atoms with Crippen molar-refractivity contribution in [3.05, 3.63) is 45.3 Å². The number of hydrogen-bond acceptors (Lipinski definition) is 5. The average molecular weight is 474 g/mol. The Morgan fingerprint density at radius 1 is 1.33 bits per heavy atom. The Kier molecular flexibility index (Phi) is 5.29. The lowest BCUT2D eigenvalue weighted by molar-refractivity contribution is -0.137. The molecule has 0 fully saturated rings. The van der Waals surface area contributed by atoms with Crippen LogP contribution >= 0.6 is 22.9 Å². The molecule has 1 aliphatic heterocycles. The molecule has 10 heteroatoms. The van der Waals surface area contributed by atoms with Crippen LogP contribution in [0.4, 0.5) is 13.2 Å². The summed E-state index contributed by atoms with van der Waals surface area (Å²) in [6.45, 7) is 5.18. The van der Waals surface area contributed by atoms with E-state index in [0.29, 0.717) is 14.8 Å². The standard InChI is InChI=1S/C20H19ClF3N3OS2/c1-18(2)17(26)27-19(3,10-30(18,4)28)16-14(21)8-15(29-16)11-5-6-12(9-25)13(7-11)20(22,23)24/h5-8H,4,10H2,1-3H3,(H2,26,27)/t19-,30?/m0/s1. The van der Waals surface area contributed by atoms with Gasteiger partial charge in [0.25, 0.3) is 0 Å². The molecule has 160 valence electrons. The molecule has 2 heterocycles. The molecule has 2 aromatic rings. The highest BCUT2D eigenvalue weighted by molar-refractivity contribution is 8.02. The summed E-state index contributed by atoms with van der Waals surface area (Å²) in [4.78, 5) is 5.58. The summed E-state index contributed by atoms with van der Waals surface area (Å²) in [6, 6.07) is 6.61. The van der Waals surface area contributed by atoms with Crippen LogP contribution in [-0.4, -0.2) is 26.4 Å². The predicted molar refractivity (Wildman–Crippen MR) is 118 cm³/mol. The zero-order valence-corrected chi connectivity index (χ0v) is 18.8. The van der Waals surface area contributed by atoms with Gasteiger partial charge in [0, 0.05) is 10.6 Å². The monoisotopic (exact) mass is 473 g/mol. The second-order valence-corrected chi connectivity index (χ2v) is 12.3. The largest absolute Gasteiger partial charge is 0.417 e. The first-order valence-electron chi connectivity index (χ1n) is 8.74. The third-order valence-electron chi connectivity index (χ3n) is 5.33. The van der Waals surface area contributed by atoms with Gasteiger partial charge in [-0.3, -0.25) is 9.20 Å². The van der Waals surface area contributed by atoms with Gasteiger partial charge >= 0.3 is 6.18 Å². The molecular weight excluding hydrogens is 455 g/mol. The molecule has 0 saturated carbocycles. The quantitative estimate of drug-likeness (QED) is 0.620. The van der Waals surface area contributed by atoms with Crippen molar-refractivity contribution in [1.29, 1.82) is 5.26 Å². The van der Waals surface area contributed by atoms with Crippen LogP contribution in [0.15, 0.2) is 29.3 Å². The first kappa shape index (κ1) is 22.7. The Bertz CT molecular complexity index is 1210. The van der Waals surface area contributed by atoms with Crippen molar-refractivity contribution in [2.24, 2.45) is 10.7 Å². The molecule has 4 nitrogen and oxygen atoms in total. The number of thiophene rings is 1. The fraction of sp³-hybridized carbons (Fsp3) is 0.350. The number of alkyl halides is 3. The Balaban J connectivity index is 2.14. The first-order chi connectivity index (χ1) is 13.6. The van der Waals surface area contributed by atoms with Gasteiger partial charge in [0.2, 0.25) is 0 Å². The number of aliphatic imine (C=N–C) groups is 1. The fourth-order valence-corrected chi connectivity index (χ4v) is 6.91. The smallest absolute Gasteiger partial charge is 0.386 e. The molecule has 3 rings (SSSR count). The minimum absolute atomic E-state index is 0.106. The maximum absolute atomic E-state index is 13.3. The molecule has 1 aliphatic rings. The summed E-state index contributed by atoms with van der Waals surface area (Å²) in [5.74, 6) is 4.18. The first-order valence-corrected chi connectivity index (χ1v) is 11.8. The molecule has 0 aliphatic carbocycles. The van der Waals surface area contributed by atoms with Gasteiger partial charge in [-0.05, 0) is 59.9 Å². The van der Waals surface area contributed by atoms with E-state index in [2.05, 4.69) is 10.9 Å². The maximum atomic E-state index is 13.3. The highest BCUT2D eigenvalue weighted by atomic mass is 35.5. The van der Waals surface area contributed by atoms with Gasteiger partial charge in [0.15, 0.2) is 0 Å². The molecule has 0 spiro atoms. The number of benzene rings is 1. The topological polar surface area (TPSA) is 79.2 Å². The lowest BCUT2D eigenvalue weighted by Crippen LogP contribution is -2.54. The molecule has 1 unspecified atom stereocenters. The number of nitriles is 1. The number of halogens is 4. The molecule has 0 bridgehead atoms. The molecule has 0 radical (unpaired) electrons. The van der Waals surface area contributed by atoms with Crippen LogP contribution in [0.25, 0.3) is 10.4 Å². The van der Waals surface area contributed by atoms with E-state index in [4.69, 9.17) is 22.6 Å². The molecule has 2 atom stereocenters. The van der Waals surface area contributed by atoms with Crippen LogP contribution in [0.3, 0.4) is 0 Å². The highest BCUT2D eigenvalue weighted by Crippen LogP contribution is 2.46. The van der Waals surface area contributed by atoms with Crippen LogP contribution in [0, 0.1) is 11.3 Å². The Morgan fingerprint density at radius 3 is 2.50 bits per heavy atom. The predicted octanol–water partition coefficient (Wildman–Crippen LogP) is 5.04. The molecule has 0 saturated heterocycles. The van der Waals surface area contributed by atoms with Gasteiger partial charge in [0.05, 0.1) is 31.8 Å². The summed E-state index contributed by atoms with van der Waals surface area (Å²) in [5, 5.41) is 9.28. The van der Waals surface area contributed by atoms with Gasteiger partial charge in [-0.1, -0.05) is 17.7 Å². The minimum atomic E-state index is -4.66. The zero-order valence-electron chi connectivity index (χ0n) is 16.4. The normalized spacial score (nSPS) is 26.1. The van der Waals surface area contributed by atoms with Crippen LogP contribution < -0.4 is 5.73 Å². The van der Waals surface area contributed by atoms with Crippen LogP contribution in [-0.2, 0) is 21.2 Å². The summed E-state index contributed by atoms with van der Waals surface area (Å²) < 4.78 is 52.3. The second-order valence-electron chi connectivity index (χ2n) is 7.90. The van der Waals surface area contributed by atoms with Crippen LogP contribution in [0.1, 0.15) is 36.8 Å². The lowest BCUT2D eigenvalue weighted by atomic mass is 10.0. The van der Waals surface area contributed by atoms with E-state index in [1.54, 1.807) is 32.9 Å². The van der Waals surface area contributed by atoms with E-state index in [0.717, 1.165) is 23.5 Å². The van der Waals surface area contributed by atoms with Crippen molar-refractivity contribution < 1.29 is 17.4 Å². The molecule has 0 amide bonds. The van der Waals surface area contributed by atoms with Gasteiger partial charge in [-0.25, -0.2) is 0 Å². The number of nitrogens with two attached hydrogens (primary N) is 1. The number of hydrogen-bond donors (Lipinski definition) is 1. The van der Waals surface area contributed by atoms with Gasteiger partial charge in [-0.15, -0.1) is 11.3 Å². The average Bonchev–Trinajstić information content (AvgIpc) is 3.01. The lowest BCUT2D eigenvalue weighted by Gasteiger charge is -2.40. The van der Waals surface area contributed by atoms with Crippen molar-refractivity contribution in [2.75, 3.05) is 5.75 Å². The maximum Gasteiger partial charge on any atom is 0.417 e. The SMILES string of the molecule is C=S1(=O)C[C@@](C)(c2sc(-c3ccc(C#N)c(C(F)(F)F)c3)cc2Cl)N=C(N)C1(C)C. The van der Waals surface area contributed by atoms with Crippen molar-refractivity contribution in [3.63, 3.8) is 0 Å². The molecular formula is C20H19ClF3N3OS2. The molecule has 1 aromatic carbocycles. The van der Waals surface area contributed by atoms with Crippen LogP contribution in [0.2, 0.25) is 5.02 Å². The van der Waals surface area contributed by atoms with Gasteiger partial charge < -0.3 is 5.73 Å². The van der Waals surface area contributed by atoms with Crippen molar-refractivity contribution in [1.82, 2.24) is 0 Å². The number of rotatable bonds is 2. The highest BCUT2D eigenvalue weighted by Gasteiger charge is 2.46. The van der Waals surface area contributed by atoms with Crippen molar-refractivity contribution in [2.45, 2.75) is 37.2 Å². The summed E-state index contributed by atoms with van der Waals surface area (Å²) >= 11 is 7.59. The second kappa shape index (κ2) is 7.01. The minimum Gasteiger partial charge on any atom is -0.386 e. The molecule has 2 N–H and O–H groups in total. The number of nitrogens with zero attached hydrogens (tertiary/aromatic N) is 2. The van der Waals surface area contributed by atoms with Gasteiger partial charge in [-0.2, -0.15) is 18.4 Å². The summed E-state index contributed by atoms with van der Waals surface area (Å²) in [7, 11) is -2.67. The van der Waals surface area contributed by atoms with E-state index in [1.165, 1.54) is 6.07 Å². The third-order valence-corrected chi connectivity index (χ3v) is 10.3. The van der Waals surface area contributed by atoms with E-state index in [9.17, 15) is 17.4 Å². The molecule has 1 aromatic heterocycles. The fourth-order valence-electron chi connectivity index (χ4n) is 3.28. The van der Waals surface area contributed by atoms with Crippen molar-refractivity contribution in [3.8, 4) is 16.5 Å². The molecule has 30 heavy (non-hydrogen) atoms. The van der Waals surface area contributed by atoms with E-state index < -0.39 is 37.1 Å².